The molecule has 0 saturated heterocycles. The van der Waals surface area contributed by atoms with Crippen LogP contribution < -0.4 is 49.7 Å². The van der Waals surface area contributed by atoms with E-state index in [1.165, 1.54) is 0 Å². The van der Waals surface area contributed by atoms with Crippen LogP contribution in [-0.4, -0.2) is 75.0 Å². The average molecular weight is 507 g/mol. The molecule has 0 radical (unpaired) electrons. The Kier molecular flexibility index (Phi) is 13.0. The Morgan fingerprint density at radius 3 is 1.39 bits per heavy atom. The van der Waals surface area contributed by atoms with Gasteiger partial charge in [-0.15, -0.1) is 0 Å². The van der Waals surface area contributed by atoms with E-state index >= 15 is 0 Å². The van der Waals surface area contributed by atoms with E-state index in [0.717, 1.165) is 37.3 Å². The van der Waals surface area contributed by atoms with Crippen molar-refractivity contribution in [2.24, 2.45) is 0 Å². The molecule has 0 fully saturated rings. The van der Waals surface area contributed by atoms with Gasteiger partial charge in [-0.1, -0.05) is 0 Å². The van der Waals surface area contributed by atoms with E-state index in [-0.39, 0.29) is 6.17 Å². The van der Waals surface area contributed by atoms with Gasteiger partial charge < -0.3 is 44.4 Å². The van der Waals surface area contributed by atoms with E-state index in [1.807, 2.05) is 24.3 Å². The van der Waals surface area contributed by atoms with Gasteiger partial charge in [-0.3, -0.25) is 5.32 Å². The summed E-state index contributed by atoms with van der Waals surface area (Å²) in [5, 5.41) is 13.8. The van der Waals surface area contributed by atoms with Gasteiger partial charge in [0.1, 0.15) is 0 Å². The maximum Gasteiger partial charge on any atom is 0.203 e. The topological polar surface area (TPSA) is 104 Å². The summed E-state index contributed by atoms with van der Waals surface area (Å²) in [7, 11) is 9.69. The van der Waals surface area contributed by atoms with Gasteiger partial charge in [0.15, 0.2) is 23.0 Å². The molecule has 0 saturated carbocycles. The molecule has 1 atom stereocenters. The summed E-state index contributed by atoms with van der Waals surface area (Å²) < 4.78 is 32.4. The molecule has 1 unspecified atom stereocenters. The van der Waals surface area contributed by atoms with Crippen LogP contribution in [0.1, 0.15) is 18.1 Å². The zero-order chi connectivity index (χ0) is 26.3. The second-order valence-electron chi connectivity index (χ2n) is 8.05. The smallest absolute Gasteiger partial charge is 0.203 e. The summed E-state index contributed by atoms with van der Waals surface area (Å²) in [6, 6.07) is 7.82. The molecule has 0 amide bonds. The van der Waals surface area contributed by atoms with Gasteiger partial charge in [0.05, 0.1) is 48.8 Å². The number of methoxy groups -OCH3 is 6. The Bertz CT molecular complexity index is 877. The third-order valence-electron chi connectivity index (χ3n) is 5.62. The van der Waals surface area contributed by atoms with Crippen molar-refractivity contribution < 1.29 is 28.4 Å². The first-order valence-corrected chi connectivity index (χ1v) is 12.0. The van der Waals surface area contributed by atoms with Crippen LogP contribution in [0.5, 0.6) is 34.5 Å². The highest BCUT2D eigenvalue weighted by molar-refractivity contribution is 5.54. The van der Waals surface area contributed by atoms with Crippen LogP contribution in [0.4, 0.5) is 0 Å². The Labute approximate surface area is 214 Å². The highest BCUT2D eigenvalue weighted by Crippen LogP contribution is 2.39. The van der Waals surface area contributed by atoms with Gasteiger partial charge in [-0.2, -0.15) is 0 Å². The second kappa shape index (κ2) is 15.9. The summed E-state index contributed by atoms with van der Waals surface area (Å²) in [6.07, 6.45) is 0.143. The van der Waals surface area contributed by atoms with E-state index < -0.39 is 0 Å². The molecular formula is C26H42N4O6. The largest absolute Gasteiger partial charge is 0.493 e. The highest BCUT2D eigenvalue weighted by atomic mass is 16.5. The van der Waals surface area contributed by atoms with Gasteiger partial charge in [-0.05, 0) is 42.3 Å². The van der Waals surface area contributed by atoms with Gasteiger partial charge in [0.2, 0.25) is 11.5 Å². The van der Waals surface area contributed by atoms with Crippen molar-refractivity contribution in [3.05, 3.63) is 35.4 Å². The molecule has 10 nitrogen and oxygen atoms in total. The highest BCUT2D eigenvalue weighted by Gasteiger charge is 2.14. The Morgan fingerprint density at radius 2 is 0.944 bits per heavy atom. The molecule has 0 aliphatic carbocycles. The van der Waals surface area contributed by atoms with Crippen molar-refractivity contribution in [2.75, 3.05) is 68.8 Å². The van der Waals surface area contributed by atoms with Gasteiger partial charge in [0, 0.05) is 39.3 Å². The molecule has 0 spiro atoms. The summed E-state index contributed by atoms with van der Waals surface area (Å²) in [5.41, 5.74) is 2.12. The van der Waals surface area contributed by atoms with Crippen LogP contribution in [-0.2, 0) is 13.1 Å². The van der Waals surface area contributed by atoms with Crippen molar-refractivity contribution in [2.45, 2.75) is 26.2 Å². The van der Waals surface area contributed by atoms with Gasteiger partial charge >= 0.3 is 0 Å². The predicted molar refractivity (Wildman–Crippen MR) is 141 cm³/mol. The van der Waals surface area contributed by atoms with Crippen molar-refractivity contribution in [1.29, 1.82) is 0 Å². The first-order valence-electron chi connectivity index (χ1n) is 12.0. The minimum atomic E-state index is 0.143. The van der Waals surface area contributed by atoms with E-state index in [1.54, 1.807) is 42.7 Å². The predicted octanol–water partition coefficient (Wildman–Crippen LogP) is 2.14. The average Bonchev–Trinajstić information content (AvgIpc) is 2.91. The van der Waals surface area contributed by atoms with Crippen LogP contribution >= 0.6 is 0 Å². The summed E-state index contributed by atoms with van der Waals surface area (Å²) in [6.45, 7) is 6.88. The van der Waals surface area contributed by atoms with Crippen molar-refractivity contribution >= 4 is 0 Å². The molecular weight excluding hydrogens is 464 g/mol. The number of nitrogens with one attached hydrogen (secondary N) is 4. The molecule has 0 aromatic heterocycles. The zero-order valence-corrected chi connectivity index (χ0v) is 22.6. The summed E-state index contributed by atoms with van der Waals surface area (Å²) in [5.74, 6) is 3.82. The van der Waals surface area contributed by atoms with Crippen LogP contribution in [0, 0.1) is 0 Å². The number of hydrogen-bond acceptors (Lipinski definition) is 10. The van der Waals surface area contributed by atoms with E-state index in [9.17, 15) is 0 Å². The van der Waals surface area contributed by atoms with Crippen LogP contribution in [0.15, 0.2) is 24.3 Å². The summed E-state index contributed by atoms with van der Waals surface area (Å²) >= 11 is 0. The minimum Gasteiger partial charge on any atom is -0.493 e. The zero-order valence-electron chi connectivity index (χ0n) is 22.6. The van der Waals surface area contributed by atoms with Crippen LogP contribution in [0.25, 0.3) is 0 Å². The fourth-order valence-electron chi connectivity index (χ4n) is 3.73. The maximum atomic E-state index is 5.42. The minimum absolute atomic E-state index is 0.143. The van der Waals surface area contributed by atoms with E-state index in [4.69, 9.17) is 28.4 Å². The monoisotopic (exact) mass is 506 g/mol. The summed E-state index contributed by atoms with van der Waals surface area (Å²) in [4.78, 5) is 0. The van der Waals surface area contributed by atoms with Crippen LogP contribution in [0.3, 0.4) is 0 Å². The van der Waals surface area contributed by atoms with Gasteiger partial charge in [0.25, 0.3) is 0 Å². The maximum absolute atomic E-state index is 5.42. The Morgan fingerprint density at radius 1 is 0.528 bits per heavy atom. The number of ether oxygens (including phenoxy) is 6. The molecule has 0 bridgehead atoms. The lowest BCUT2D eigenvalue weighted by atomic mass is 10.1. The molecule has 0 heterocycles. The third-order valence-corrected chi connectivity index (χ3v) is 5.62. The fraction of sp³-hybridized carbons (Fsp3) is 0.538. The van der Waals surface area contributed by atoms with Crippen LogP contribution in [0.2, 0.25) is 0 Å². The van der Waals surface area contributed by atoms with E-state index in [2.05, 4.69) is 28.2 Å². The molecule has 202 valence electrons. The molecule has 10 heteroatoms. The first-order chi connectivity index (χ1) is 17.5. The van der Waals surface area contributed by atoms with Crippen molar-refractivity contribution in [3.63, 3.8) is 0 Å². The SMILES string of the molecule is COc1cc(CNCCNCCNC(C)NCc2cc(OC)c(OC)c(OC)c2)cc(OC)c1OC. The number of hydrogen-bond donors (Lipinski definition) is 4. The van der Waals surface area contributed by atoms with Crippen molar-refractivity contribution in [3.8, 4) is 34.5 Å². The molecule has 2 rings (SSSR count). The molecule has 36 heavy (non-hydrogen) atoms. The third kappa shape index (κ3) is 8.63. The lowest BCUT2D eigenvalue weighted by Gasteiger charge is -2.18. The Balaban J connectivity index is 1.64. The molecule has 2 aromatic carbocycles. The number of rotatable bonds is 18. The Hall–Kier alpha value is -2.92. The lowest BCUT2D eigenvalue weighted by molar-refractivity contribution is 0.323. The van der Waals surface area contributed by atoms with E-state index in [0.29, 0.717) is 47.6 Å². The molecule has 4 N–H and O–H groups in total. The lowest BCUT2D eigenvalue weighted by Crippen LogP contribution is -2.42. The standard InChI is InChI=1S/C26H42N4O6/c1-18(30-17-20-14-23(33-4)26(36-7)24(15-20)34-5)29-11-10-27-8-9-28-16-19-12-21(31-2)25(35-6)22(13-19)32-3/h12-15,18,27-30H,8-11,16-17H2,1-7H3. The van der Waals surface area contributed by atoms with Gasteiger partial charge in [-0.25, -0.2) is 0 Å². The molecule has 0 aliphatic heterocycles. The second-order valence-corrected chi connectivity index (χ2v) is 8.05. The normalized spacial score (nSPS) is 11.6. The first kappa shape index (κ1) is 29.3. The van der Waals surface area contributed by atoms with Crippen molar-refractivity contribution in [1.82, 2.24) is 21.3 Å². The quantitative estimate of drug-likeness (QED) is 0.178. The molecule has 0 aliphatic rings. The molecule has 2 aromatic rings. The fourth-order valence-corrected chi connectivity index (χ4v) is 3.73. The number of benzene rings is 2.